The van der Waals surface area contributed by atoms with Crippen molar-refractivity contribution in [2.75, 3.05) is 0 Å². The van der Waals surface area contributed by atoms with Gasteiger partial charge in [-0.1, -0.05) is 0 Å². The third-order valence-corrected chi connectivity index (χ3v) is 2.92. The second-order valence-corrected chi connectivity index (χ2v) is 4.06. The molecule has 4 heteroatoms. The standard InChI is InChI=1S/C9H8BrN3/c10-9-12-7-5-11-4-3-8(7)13(9)6-1-2-6/h3-6H,1-2H2. The predicted octanol–water partition coefficient (Wildman–Crippen LogP) is 2.53. The fourth-order valence-corrected chi connectivity index (χ4v) is 2.27. The Hall–Kier alpha value is -0.900. The van der Waals surface area contributed by atoms with Gasteiger partial charge in [-0.05, 0) is 34.8 Å². The number of hydrogen-bond acceptors (Lipinski definition) is 2. The quantitative estimate of drug-likeness (QED) is 0.764. The molecule has 2 aromatic heterocycles. The van der Waals surface area contributed by atoms with Crippen molar-refractivity contribution in [1.82, 2.24) is 14.5 Å². The first-order valence-corrected chi connectivity index (χ1v) is 5.13. The first-order valence-electron chi connectivity index (χ1n) is 4.34. The lowest BCUT2D eigenvalue weighted by atomic mass is 10.4. The summed E-state index contributed by atoms with van der Waals surface area (Å²) in [7, 11) is 0. The Bertz CT molecular complexity index is 459. The molecule has 0 atom stereocenters. The van der Waals surface area contributed by atoms with Crippen molar-refractivity contribution < 1.29 is 0 Å². The Labute approximate surface area is 83.9 Å². The monoisotopic (exact) mass is 237 g/mol. The molecule has 0 aromatic carbocycles. The molecule has 0 unspecified atom stereocenters. The molecule has 2 heterocycles. The zero-order chi connectivity index (χ0) is 8.84. The zero-order valence-corrected chi connectivity index (χ0v) is 8.53. The van der Waals surface area contributed by atoms with Crippen molar-refractivity contribution in [2.45, 2.75) is 18.9 Å². The minimum Gasteiger partial charge on any atom is -0.315 e. The van der Waals surface area contributed by atoms with Crippen LogP contribution in [0.1, 0.15) is 18.9 Å². The van der Waals surface area contributed by atoms with Crippen LogP contribution in [-0.2, 0) is 0 Å². The van der Waals surface area contributed by atoms with Crippen molar-refractivity contribution in [3.63, 3.8) is 0 Å². The average Bonchev–Trinajstić information content (AvgIpc) is 2.88. The molecule has 3 nitrogen and oxygen atoms in total. The van der Waals surface area contributed by atoms with E-state index in [0.29, 0.717) is 6.04 Å². The summed E-state index contributed by atoms with van der Waals surface area (Å²) < 4.78 is 3.18. The molecule has 3 rings (SSSR count). The molecule has 0 amide bonds. The number of fused-ring (bicyclic) bond motifs is 1. The summed E-state index contributed by atoms with van der Waals surface area (Å²) >= 11 is 3.47. The van der Waals surface area contributed by atoms with Gasteiger partial charge in [0.2, 0.25) is 0 Å². The largest absolute Gasteiger partial charge is 0.315 e. The zero-order valence-electron chi connectivity index (χ0n) is 6.94. The molecule has 66 valence electrons. The van der Waals surface area contributed by atoms with Gasteiger partial charge in [0.1, 0.15) is 5.52 Å². The summed E-state index contributed by atoms with van der Waals surface area (Å²) in [4.78, 5) is 8.44. The van der Waals surface area contributed by atoms with Gasteiger partial charge in [0.15, 0.2) is 4.73 Å². The second kappa shape index (κ2) is 2.54. The van der Waals surface area contributed by atoms with Gasteiger partial charge >= 0.3 is 0 Å². The van der Waals surface area contributed by atoms with Crippen LogP contribution in [0.2, 0.25) is 0 Å². The average molecular weight is 238 g/mol. The molecule has 1 saturated carbocycles. The maximum Gasteiger partial charge on any atom is 0.178 e. The summed E-state index contributed by atoms with van der Waals surface area (Å²) in [6.07, 6.45) is 6.16. The van der Waals surface area contributed by atoms with E-state index in [1.807, 2.05) is 12.3 Å². The van der Waals surface area contributed by atoms with Crippen molar-refractivity contribution >= 4 is 27.0 Å². The van der Waals surface area contributed by atoms with E-state index in [1.165, 1.54) is 18.4 Å². The Morgan fingerprint density at radius 1 is 1.46 bits per heavy atom. The van der Waals surface area contributed by atoms with Crippen LogP contribution in [0.4, 0.5) is 0 Å². The van der Waals surface area contributed by atoms with E-state index < -0.39 is 0 Å². The van der Waals surface area contributed by atoms with E-state index in [-0.39, 0.29) is 0 Å². The summed E-state index contributed by atoms with van der Waals surface area (Å²) in [6.45, 7) is 0. The minimum atomic E-state index is 0.654. The summed E-state index contributed by atoms with van der Waals surface area (Å²) in [5, 5.41) is 0. The SMILES string of the molecule is Brc1nc2cnccc2n1C1CC1. The van der Waals surface area contributed by atoms with Crippen LogP contribution in [0.5, 0.6) is 0 Å². The number of hydrogen-bond donors (Lipinski definition) is 0. The van der Waals surface area contributed by atoms with E-state index in [2.05, 4.69) is 30.5 Å². The Morgan fingerprint density at radius 2 is 2.31 bits per heavy atom. The van der Waals surface area contributed by atoms with Crippen molar-refractivity contribution in [3.8, 4) is 0 Å². The molecular formula is C9H8BrN3. The Kier molecular flexibility index (Phi) is 1.47. The van der Waals surface area contributed by atoms with Crippen LogP contribution in [0.15, 0.2) is 23.2 Å². The van der Waals surface area contributed by atoms with Crippen LogP contribution >= 0.6 is 15.9 Å². The molecule has 0 N–H and O–H groups in total. The summed E-state index contributed by atoms with van der Waals surface area (Å²) in [5.74, 6) is 0. The molecule has 0 radical (unpaired) electrons. The van der Waals surface area contributed by atoms with Crippen LogP contribution in [-0.4, -0.2) is 14.5 Å². The second-order valence-electron chi connectivity index (χ2n) is 3.35. The van der Waals surface area contributed by atoms with Gasteiger partial charge in [0.25, 0.3) is 0 Å². The maximum atomic E-state index is 4.39. The third kappa shape index (κ3) is 1.09. The number of pyridine rings is 1. The van der Waals surface area contributed by atoms with E-state index in [0.717, 1.165) is 10.3 Å². The topological polar surface area (TPSA) is 30.7 Å². The molecule has 1 fully saturated rings. The van der Waals surface area contributed by atoms with Gasteiger partial charge < -0.3 is 4.57 Å². The fourth-order valence-electron chi connectivity index (χ4n) is 1.60. The molecule has 0 aliphatic heterocycles. The smallest absolute Gasteiger partial charge is 0.178 e. The normalized spacial score (nSPS) is 16.7. The van der Waals surface area contributed by atoms with Crippen LogP contribution in [0.25, 0.3) is 11.0 Å². The molecule has 0 bridgehead atoms. The van der Waals surface area contributed by atoms with Crippen LogP contribution in [0, 0.1) is 0 Å². The third-order valence-electron chi connectivity index (χ3n) is 2.36. The number of aromatic nitrogens is 3. The molecule has 0 saturated heterocycles. The molecular weight excluding hydrogens is 230 g/mol. The van der Waals surface area contributed by atoms with Gasteiger partial charge in [0.05, 0.1) is 11.7 Å². The van der Waals surface area contributed by atoms with Gasteiger partial charge in [-0.25, -0.2) is 4.98 Å². The van der Waals surface area contributed by atoms with Crippen LogP contribution < -0.4 is 0 Å². The highest BCUT2D eigenvalue weighted by atomic mass is 79.9. The van der Waals surface area contributed by atoms with Crippen molar-refractivity contribution in [2.24, 2.45) is 0 Å². The van der Waals surface area contributed by atoms with Gasteiger partial charge in [-0.3, -0.25) is 4.98 Å². The lowest BCUT2D eigenvalue weighted by molar-refractivity contribution is 0.745. The molecule has 2 aromatic rings. The molecule has 0 spiro atoms. The molecule has 1 aliphatic rings. The van der Waals surface area contributed by atoms with Crippen LogP contribution in [0.3, 0.4) is 0 Å². The first-order chi connectivity index (χ1) is 6.36. The highest BCUT2D eigenvalue weighted by Crippen LogP contribution is 2.39. The number of rotatable bonds is 1. The van der Waals surface area contributed by atoms with Crippen molar-refractivity contribution in [1.29, 1.82) is 0 Å². The first kappa shape index (κ1) is 7.50. The van der Waals surface area contributed by atoms with E-state index in [9.17, 15) is 0 Å². The van der Waals surface area contributed by atoms with Gasteiger partial charge in [0, 0.05) is 12.2 Å². The predicted molar refractivity (Wildman–Crippen MR) is 53.5 cm³/mol. The lowest BCUT2D eigenvalue weighted by Gasteiger charge is -2.01. The number of nitrogens with zero attached hydrogens (tertiary/aromatic N) is 3. The van der Waals surface area contributed by atoms with E-state index in [1.54, 1.807) is 6.20 Å². The fraction of sp³-hybridized carbons (Fsp3) is 0.333. The van der Waals surface area contributed by atoms with E-state index in [4.69, 9.17) is 0 Å². The van der Waals surface area contributed by atoms with Crippen molar-refractivity contribution in [3.05, 3.63) is 23.2 Å². The Morgan fingerprint density at radius 3 is 3.08 bits per heavy atom. The lowest BCUT2D eigenvalue weighted by Crippen LogP contribution is -1.92. The number of halogens is 1. The minimum absolute atomic E-state index is 0.654. The highest BCUT2D eigenvalue weighted by Gasteiger charge is 2.27. The number of imidazole rings is 1. The summed E-state index contributed by atoms with van der Waals surface area (Å²) in [5.41, 5.74) is 2.16. The van der Waals surface area contributed by atoms with Gasteiger partial charge in [-0.2, -0.15) is 0 Å². The Balaban J connectivity index is 2.35. The van der Waals surface area contributed by atoms with Gasteiger partial charge in [-0.15, -0.1) is 0 Å². The summed E-state index contributed by atoms with van der Waals surface area (Å²) in [6, 6.07) is 2.67. The highest BCUT2D eigenvalue weighted by molar-refractivity contribution is 9.10. The molecule has 13 heavy (non-hydrogen) atoms. The molecule has 1 aliphatic carbocycles. The maximum absolute atomic E-state index is 4.39. The van der Waals surface area contributed by atoms with E-state index >= 15 is 0 Å².